The summed E-state index contributed by atoms with van der Waals surface area (Å²) in [6, 6.07) is 0. The Hall–Kier alpha value is -0.0212. The molecule has 0 aliphatic carbocycles. The van der Waals surface area contributed by atoms with E-state index in [-0.39, 0.29) is 77.4 Å². The van der Waals surface area contributed by atoms with E-state index in [1.165, 1.54) is 6.92 Å². The third-order valence-electron chi connectivity index (χ3n) is 1.46. The van der Waals surface area contributed by atoms with Crippen LogP contribution in [0.25, 0.3) is 0 Å². The molecule has 0 aromatic carbocycles. The van der Waals surface area contributed by atoms with Crippen LogP contribution in [0.4, 0.5) is 0 Å². The molecule has 0 aromatic heterocycles. The molecule has 0 fully saturated rings. The van der Waals surface area contributed by atoms with E-state index in [9.17, 15) is 9.59 Å². The summed E-state index contributed by atoms with van der Waals surface area (Å²) in [5.74, 6) is -0.0664. The van der Waals surface area contributed by atoms with Crippen molar-refractivity contribution in [3.05, 3.63) is 14.4 Å². The van der Waals surface area contributed by atoms with Crippen molar-refractivity contribution in [3.63, 3.8) is 0 Å². The quantitative estimate of drug-likeness (QED) is 0.325. The van der Waals surface area contributed by atoms with Crippen LogP contribution >= 0.6 is 0 Å². The molecule has 0 aromatic rings. The van der Waals surface area contributed by atoms with Gasteiger partial charge in [0, 0.05) is 45.6 Å². The van der Waals surface area contributed by atoms with Crippen molar-refractivity contribution in [3.8, 4) is 0 Å². The van der Waals surface area contributed by atoms with E-state index >= 15 is 0 Å². The standard InChI is InChI=1S/C9H14BN2O2.CH3.Y/c1-3-9(14)5-8(4-7(2)13)12-11-6-10;;/h11H,1,3-6H2,2H3;1H3;/q2*-1;/b12-8-;;. The molecule has 0 atom stereocenters. The fourth-order valence-corrected chi connectivity index (χ4v) is 0.902. The summed E-state index contributed by atoms with van der Waals surface area (Å²) in [7, 11) is 5.17. The summed E-state index contributed by atoms with van der Waals surface area (Å²) in [6.07, 6.45) is 0.730. The maximum atomic E-state index is 11.1. The first-order valence-electron chi connectivity index (χ1n) is 4.39. The normalized spacial score (nSPS) is 9.75. The van der Waals surface area contributed by atoms with Crippen molar-refractivity contribution in [2.45, 2.75) is 26.2 Å². The van der Waals surface area contributed by atoms with Crippen molar-refractivity contribution in [2.75, 3.05) is 6.44 Å². The number of ketones is 2. The third-order valence-corrected chi connectivity index (χ3v) is 1.46. The fraction of sp³-hybridized carbons (Fsp3) is 0.500. The number of hydrogen-bond acceptors (Lipinski definition) is 4. The number of carbonyl (C=O) groups is 2. The van der Waals surface area contributed by atoms with Gasteiger partial charge in [-0.3, -0.25) is 4.79 Å². The summed E-state index contributed by atoms with van der Waals surface area (Å²) < 4.78 is 0. The van der Waals surface area contributed by atoms with Crippen LogP contribution in [-0.4, -0.2) is 31.6 Å². The van der Waals surface area contributed by atoms with Crippen molar-refractivity contribution in [1.82, 2.24) is 5.43 Å². The molecule has 1 N–H and O–H groups in total. The van der Waals surface area contributed by atoms with E-state index in [0.717, 1.165) is 0 Å². The average Bonchev–Trinajstić information content (AvgIpc) is 2.13. The smallest absolute Gasteiger partial charge is 0.135 e. The van der Waals surface area contributed by atoms with Crippen molar-refractivity contribution in [2.24, 2.45) is 5.10 Å². The summed E-state index contributed by atoms with van der Waals surface area (Å²) in [6.45, 7) is 4.91. The fourth-order valence-electron chi connectivity index (χ4n) is 0.902. The van der Waals surface area contributed by atoms with E-state index < -0.39 is 0 Å². The predicted octanol–water partition coefficient (Wildman–Crippen LogP) is 0.668. The van der Waals surface area contributed by atoms with Crippen LogP contribution in [0.2, 0.25) is 0 Å². The molecule has 0 heterocycles. The second kappa shape index (κ2) is 13.0. The number of Topliss-reactive ketones (excluding diaryl/α,β-unsaturated/α-hetero) is 2. The number of nitrogens with zero attached hydrogens (tertiary/aromatic N) is 1. The van der Waals surface area contributed by atoms with E-state index in [2.05, 4.69) is 17.5 Å². The molecule has 0 aliphatic rings. The van der Waals surface area contributed by atoms with E-state index in [4.69, 9.17) is 7.85 Å². The van der Waals surface area contributed by atoms with E-state index in [1.54, 1.807) is 0 Å². The van der Waals surface area contributed by atoms with Gasteiger partial charge in [-0.1, -0.05) is 0 Å². The minimum absolute atomic E-state index is 0. The van der Waals surface area contributed by atoms with Crippen LogP contribution in [0.3, 0.4) is 0 Å². The summed E-state index contributed by atoms with van der Waals surface area (Å²) in [4.78, 5) is 21.9. The molecule has 87 valence electrons. The Bertz CT molecular complexity index is 245. The minimum atomic E-state index is -0.0381. The van der Waals surface area contributed by atoms with Gasteiger partial charge in [-0.05, 0) is 13.4 Å². The van der Waals surface area contributed by atoms with Gasteiger partial charge in [-0.15, -0.1) is 6.42 Å². The van der Waals surface area contributed by atoms with Crippen molar-refractivity contribution in [1.29, 1.82) is 0 Å². The zero-order chi connectivity index (χ0) is 11.0. The van der Waals surface area contributed by atoms with Gasteiger partial charge in [0.15, 0.2) is 0 Å². The van der Waals surface area contributed by atoms with Gasteiger partial charge in [0.2, 0.25) is 0 Å². The number of hydrogen-bond donors (Lipinski definition) is 1. The van der Waals surface area contributed by atoms with Crippen LogP contribution in [-0.2, 0) is 42.3 Å². The Balaban J connectivity index is -0.000000845. The molecule has 0 aliphatic heterocycles. The van der Waals surface area contributed by atoms with E-state index in [0.29, 0.717) is 5.71 Å². The predicted molar refractivity (Wildman–Crippen MR) is 62.5 cm³/mol. The number of carbonyl (C=O) groups excluding carboxylic acids is 2. The third kappa shape index (κ3) is 12.1. The first-order chi connectivity index (χ1) is 6.60. The Labute approximate surface area is 124 Å². The molecule has 0 bridgehead atoms. The Morgan fingerprint density at radius 1 is 1.38 bits per heavy atom. The van der Waals surface area contributed by atoms with Gasteiger partial charge in [0.1, 0.15) is 11.6 Å². The molecular weight excluding hydrogens is 280 g/mol. The number of hydrazone groups is 1. The van der Waals surface area contributed by atoms with Crippen molar-refractivity contribution < 1.29 is 42.3 Å². The Morgan fingerprint density at radius 3 is 2.31 bits per heavy atom. The average molecular weight is 297 g/mol. The van der Waals surface area contributed by atoms with Gasteiger partial charge in [-0.2, -0.15) is 5.10 Å². The summed E-state index contributed by atoms with van der Waals surface area (Å²) in [5.41, 5.74) is 3.03. The van der Waals surface area contributed by atoms with Crippen LogP contribution in [0.15, 0.2) is 5.10 Å². The van der Waals surface area contributed by atoms with Crippen LogP contribution in [0, 0.1) is 14.4 Å². The molecule has 16 heavy (non-hydrogen) atoms. The van der Waals surface area contributed by atoms with Crippen LogP contribution in [0.1, 0.15) is 26.2 Å². The molecular formula is C10H17BN2O2Y-2. The summed E-state index contributed by atoms with van der Waals surface area (Å²) >= 11 is 0. The zero-order valence-corrected chi connectivity index (χ0v) is 12.8. The molecule has 6 heteroatoms. The largest absolute Gasteiger partial charge is 0.358 e. The summed E-state index contributed by atoms with van der Waals surface area (Å²) in [5, 5.41) is 3.84. The van der Waals surface area contributed by atoms with Crippen molar-refractivity contribution >= 4 is 25.1 Å². The van der Waals surface area contributed by atoms with Crippen LogP contribution in [0.5, 0.6) is 0 Å². The maximum absolute atomic E-state index is 11.1. The molecule has 3 radical (unpaired) electrons. The van der Waals surface area contributed by atoms with Gasteiger partial charge >= 0.3 is 0 Å². The molecule has 0 saturated heterocycles. The molecule has 4 nitrogen and oxygen atoms in total. The van der Waals surface area contributed by atoms with Gasteiger partial charge < -0.3 is 24.6 Å². The Morgan fingerprint density at radius 2 is 1.94 bits per heavy atom. The number of rotatable bonds is 7. The minimum Gasteiger partial charge on any atom is -0.358 e. The maximum Gasteiger partial charge on any atom is 0.135 e. The number of nitrogens with one attached hydrogen (secondary N) is 1. The van der Waals surface area contributed by atoms with E-state index in [1.807, 2.05) is 0 Å². The van der Waals surface area contributed by atoms with Gasteiger partial charge in [-0.25, -0.2) is 0 Å². The molecule has 0 rings (SSSR count). The SMILES string of the molecule is [B]CN/N=C(/CC(C)=O)CC(=O)C[CH2-].[CH3-].[Y]. The zero-order valence-electron chi connectivity index (χ0n) is 9.95. The molecule has 0 unspecified atom stereocenters. The molecule has 0 amide bonds. The molecule has 0 saturated carbocycles. The Kier molecular flexibility index (Phi) is 17.4. The van der Waals surface area contributed by atoms with Gasteiger partial charge in [0.25, 0.3) is 0 Å². The topological polar surface area (TPSA) is 58.5 Å². The first-order valence-corrected chi connectivity index (χ1v) is 4.39. The first kappa shape index (κ1) is 21.3. The second-order valence-corrected chi connectivity index (χ2v) is 2.88. The second-order valence-electron chi connectivity index (χ2n) is 2.88. The molecule has 0 spiro atoms. The van der Waals surface area contributed by atoms with Gasteiger partial charge in [0.05, 0.1) is 13.6 Å². The van der Waals surface area contributed by atoms with Crippen LogP contribution < -0.4 is 5.43 Å². The monoisotopic (exact) mass is 297 g/mol.